The Bertz CT molecular complexity index is 947. The minimum absolute atomic E-state index is 0.106. The molecule has 0 fully saturated rings. The van der Waals surface area contributed by atoms with Gasteiger partial charge >= 0.3 is 0 Å². The number of rotatable bonds is 3. The van der Waals surface area contributed by atoms with E-state index in [4.69, 9.17) is 10.5 Å². The number of ether oxygens (including phenoxy) is 1. The van der Waals surface area contributed by atoms with Crippen molar-refractivity contribution in [2.45, 2.75) is 20.4 Å². The van der Waals surface area contributed by atoms with E-state index in [2.05, 4.69) is 9.97 Å². The van der Waals surface area contributed by atoms with E-state index >= 15 is 0 Å². The Hall–Kier alpha value is -2.89. The topological polar surface area (TPSA) is 83.0 Å². The van der Waals surface area contributed by atoms with Crippen LogP contribution in [0.2, 0.25) is 0 Å². The van der Waals surface area contributed by atoms with Gasteiger partial charge in [0.1, 0.15) is 11.4 Å². The zero-order chi connectivity index (χ0) is 16.6. The molecule has 0 unspecified atom stereocenters. The van der Waals surface area contributed by atoms with Gasteiger partial charge in [0.2, 0.25) is 5.95 Å². The summed E-state index contributed by atoms with van der Waals surface area (Å²) in [5, 5.41) is 0.818. The summed E-state index contributed by atoms with van der Waals surface area (Å²) in [6.07, 6.45) is 0. The van der Waals surface area contributed by atoms with Gasteiger partial charge in [0.15, 0.2) is 0 Å². The van der Waals surface area contributed by atoms with E-state index in [1.54, 1.807) is 11.7 Å². The molecule has 3 aromatic rings. The molecule has 0 atom stereocenters. The highest BCUT2D eigenvalue weighted by atomic mass is 16.5. The molecule has 1 aromatic carbocycles. The number of anilines is 1. The molecular weight excluding hydrogens is 292 g/mol. The molecule has 0 aliphatic carbocycles. The maximum absolute atomic E-state index is 12.9. The van der Waals surface area contributed by atoms with Crippen LogP contribution in [0.3, 0.4) is 0 Å². The number of benzene rings is 1. The van der Waals surface area contributed by atoms with Crippen LogP contribution < -0.4 is 16.0 Å². The van der Waals surface area contributed by atoms with Crippen LogP contribution in [0.5, 0.6) is 5.75 Å². The van der Waals surface area contributed by atoms with Crippen LogP contribution in [0.25, 0.3) is 22.2 Å². The smallest absolute Gasteiger partial charge is 0.260 e. The number of pyridine rings is 1. The minimum Gasteiger partial charge on any atom is -0.497 e. The second kappa shape index (κ2) is 5.72. The fraction of sp³-hybridized carbons (Fsp3) is 0.235. The summed E-state index contributed by atoms with van der Waals surface area (Å²) >= 11 is 0. The molecule has 2 heterocycles. The molecule has 2 aromatic heterocycles. The normalized spacial score (nSPS) is 10.9. The van der Waals surface area contributed by atoms with E-state index in [1.165, 1.54) is 0 Å². The van der Waals surface area contributed by atoms with Crippen LogP contribution >= 0.6 is 0 Å². The first-order chi connectivity index (χ1) is 11.0. The van der Waals surface area contributed by atoms with Gasteiger partial charge in [0.05, 0.1) is 12.8 Å². The molecule has 2 N–H and O–H groups in total. The molecule has 0 saturated carbocycles. The van der Waals surface area contributed by atoms with Crippen molar-refractivity contribution in [1.82, 2.24) is 14.5 Å². The van der Waals surface area contributed by atoms with E-state index < -0.39 is 0 Å². The molecule has 3 rings (SSSR count). The maximum Gasteiger partial charge on any atom is 0.260 e. The second-order valence-corrected chi connectivity index (χ2v) is 5.24. The van der Waals surface area contributed by atoms with Gasteiger partial charge in [-0.15, -0.1) is 0 Å². The van der Waals surface area contributed by atoms with Gasteiger partial charge in [-0.05, 0) is 37.6 Å². The Morgan fingerprint density at radius 3 is 2.74 bits per heavy atom. The summed E-state index contributed by atoms with van der Waals surface area (Å²) in [7, 11) is 1.60. The Kier molecular flexibility index (Phi) is 3.73. The first-order valence-electron chi connectivity index (χ1n) is 7.37. The van der Waals surface area contributed by atoms with E-state index in [-0.39, 0.29) is 11.5 Å². The first-order valence-corrected chi connectivity index (χ1v) is 7.37. The number of hydrogen-bond donors (Lipinski definition) is 1. The van der Waals surface area contributed by atoms with E-state index in [1.807, 2.05) is 44.2 Å². The van der Waals surface area contributed by atoms with Crippen LogP contribution in [-0.2, 0) is 6.54 Å². The first kappa shape index (κ1) is 15.0. The minimum atomic E-state index is -0.106. The molecule has 0 radical (unpaired) electrons. The zero-order valence-corrected chi connectivity index (χ0v) is 13.3. The predicted octanol–water partition coefficient (Wildman–Crippen LogP) is 2.38. The SMILES string of the molecule is CCn1c(=O)c(-c2cccc(OC)c2)cc2c(C)nc(N)nc21. The van der Waals surface area contributed by atoms with Crippen molar-refractivity contribution in [3.63, 3.8) is 0 Å². The summed E-state index contributed by atoms with van der Waals surface area (Å²) in [5.74, 6) is 0.876. The predicted molar refractivity (Wildman–Crippen MR) is 90.6 cm³/mol. The highest BCUT2D eigenvalue weighted by Gasteiger charge is 2.14. The monoisotopic (exact) mass is 310 g/mol. The average Bonchev–Trinajstić information content (AvgIpc) is 2.54. The maximum atomic E-state index is 12.9. The van der Waals surface area contributed by atoms with Crippen molar-refractivity contribution in [2.75, 3.05) is 12.8 Å². The number of nitrogens with two attached hydrogens (primary N) is 1. The lowest BCUT2D eigenvalue weighted by Crippen LogP contribution is -2.23. The molecule has 0 spiro atoms. The third-order valence-electron chi connectivity index (χ3n) is 3.85. The van der Waals surface area contributed by atoms with Crippen molar-refractivity contribution in [3.8, 4) is 16.9 Å². The lowest BCUT2D eigenvalue weighted by molar-refractivity contribution is 0.415. The summed E-state index contributed by atoms with van der Waals surface area (Å²) < 4.78 is 6.87. The summed E-state index contributed by atoms with van der Waals surface area (Å²) in [4.78, 5) is 21.3. The van der Waals surface area contributed by atoms with Crippen LogP contribution in [-0.4, -0.2) is 21.6 Å². The van der Waals surface area contributed by atoms with E-state index in [9.17, 15) is 4.79 Å². The van der Waals surface area contributed by atoms with Gasteiger partial charge in [0, 0.05) is 17.5 Å². The van der Waals surface area contributed by atoms with Crippen LogP contribution in [0.4, 0.5) is 5.95 Å². The quantitative estimate of drug-likeness (QED) is 0.803. The molecule has 0 aliphatic rings. The molecular formula is C17H18N4O2. The summed E-state index contributed by atoms with van der Waals surface area (Å²) in [6, 6.07) is 9.26. The highest BCUT2D eigenvalue weighted by molar-refractivity contribution is 5.84. The van der Waals surface area contributed by atoms with Crippen molar-refractivity contribution >= 4 is 17.0 Å². The zero-order valence-electron chi connectivity index (χ0n) is 13.3. The Morgan fingerprint density at radius 1 is 1.26 bits per heavy atom. The van der Waals surface area contributed by atoms with Crippen molar-refractivity contribution < 1.29 is 4.74 Å². The van der Waals surface area contributed by atoms with E-state index in [0.717, 1.165) is 16.6 Å². The van der Waals surface area contributed by atoms with Gasteiger partial charge < -0.3 is 10.5 Å². The average molecular weight is 310 g/mol. The summed E-state index contributed by atoms with van der Waals surface area (Å²) in [5.41, 5.74) is 8.33. The van der Waals surface area contributed by atoms with Crippen LogP contribution in [0, 0.1) is 6.92 Å². The van der Waals surface area contributed by atoms with Crippen molar-refractivity contribution in [2.24, 2.45) is 0 Å². The number of nitrogen functional groups attached to an aromatic ring is 1. The number of fused-ring (bicyclic) bond motifs is 1. The molecule has 23 heavy (non-hydrogen) atoms. The third-order valence-corrected chi connectivity index (χ3v) is 3.85. The lowest BCUT2D eigenvalue weighted by Gasteiger charge is -2.12. The summed E-state index contributed by atoms with van der Waals surface area (Å²) in [6.45, 7) is 4.27. The standard InChI is InChI=1S/C17H18N4O2/c1-4-21-15-13(10(2)19-17(18)20-15)9-14(16(21)22)11-6-5-7-12(8-11)23-3/h5-9H,4H2,1-3H3,(H2,18,19,20). The Balaban J connectivity index is 2.38. The molecule has 0 saturated heterocycles. The van der Waals surface area contributed by atoms with Gasteiger partial charge in [-0.2, -0.15) is 4.98 Å². The van der Waals surface area contributed by atoms with Crippen LogP contribution in [0.15, 0.2) is 35.1 Å². The molecule has 0 bridgehead atoms. The number of nitrogens with zero attached hydrogens (tertiary/aromatic N) is 3. The Morgan fingerprint density at radius 2 is 2.04 bits per heavy atom. The number of hydrogen-bond acceptors (Lipinski definition) is 5. The molecule has 0 amide bonds. The number of aryl methyl sites for hydroxylation is 2. The van der Waals surface area contributed by atoms with Crippen molar-refractivity contribution in [1.29, 1.82) is 0 Å². The van der Waals surface area contributed by atoms with Crippen molar-refractivity contribution in [3.05, 3.63) is 46.4 Å². The molecule has 118 valence electrons. The fourth-order valence-corrected chi connectivity index (χ4v) is 2.70. The molecule has 0 aliphatic heterocycles. The number of aromatic nitrogens is 3. The number of methoxy groups -OCH3 is 1. The largest absolute Gasteiger partial charge is 0.497 e. The van der Waals surface area contributed by atoms with Gasteiger partial charge in [-0.25, -0.2) is 4.98 Å². The van der Waals surface area contributed by atoms with Crippen LogP contribution in [0.1, 0.15) is 12.6 Å². The van der Waals surface area contributed by atoms with Gasteiger partial charge in [-0.3, -0.25) is 9.36 Å². The Labute approximate surface area is 133 Å². The molecule has 6 nitrogen and oxygen atoms in total. The fourth-order valence-electron chi connectivity index (χ4n) is 2.70. The van der Waals surface area contributed by atoms with Gasteiger partial charge in [-0.1, -0.05) is 12.1 Å². The molecule has 6 heteroatoms. The lowest BCUT2D eigenvalue weighted by atomic mass is 10.0. The highest BCUT2D eigenvalue weighted by Crippen LogP contribution is 2.25. The second-order valence-electron chi connectivity index (χ2n) is 5.24. The third kappa shape index (κ3) is 2.52. The van der Waals surface area contributed by atoms with E-state index in [0.29, 0.717) is 23.5 Å². The van der Waals surface area contributed by atoms with Gasteiger partial charge in [0.25, 0.3) is 5.56 Å².